The number of rotatable bonds is 5. The van der Waals surface area contributed by atoms with Crippen molar-refractivity contribution in [2.75, 3.05) is 9.71 Å². The van der Waals surface area contributed by atoms with E-state index in [0.29, 0.717) is 0 Å². The van der Waals surface area contributed by atoms with Gasteiger partial charge < -0.3 is 23.0 Å². The molecule has 3 aromatic heterocycles. The summed E-state index contributed by atoms with van der Waals surface area (Å²) in [5.74, 6) is 0.841. The third-order valence-corrected chi connectivity index (χ3v) is 16.2. The van der Waals surface area contributed by atoms with Gasteiger partial charge in [0.2, 0.25) is 0 Å². The maximum atomic E-state index is 7.32. The molecule has 0 spiro atoms. The highest BCUT2D eigenvalue weighted by atomic mass is 16.3. The normalized spacial score (nSPS) is 13.3. The van der Waals surface area contributed by atoms with Crippen molar-refractivity contribution in [1.82, 2.24) is 0 Å². The first-order chi connectivity index (χ1) is 37.0. The van der Waals surface area contributed by atoms with Crippen LogP contribution in [-0.4, -0.2) is 6.85 Å². The SMILES string of the molecule is CC(C)(C)c1ccc(N2B3c4cc5oc(-c6ccccc6)c(-c6ccccc6)c5cc4N(c4ccc(C(C)(C)C)cc4-c4ccccc4)c4cc5c(oc6ccccc65)c(c43)-c3cc4c(cc32)oc2ccccc24)cc1. The molecule has 0 atom stereocenters. The molecule has 364 valence electrons. The minimum atomic E-state index is -0.354. The van der Waals surface area contributed by atoms with Crippen molar-refractivity contribution >= 4 is 101 Å². The maximum absolute atomic E-state index is 7.32. The molecule has 0 saturated heterocycles. The van der Waals surface area contributed by atoms with Gasteiger partial charge >= 0.3 is 6.85 Å². The molecule has 0 aliphatic carbocycles. The minimum absolute atomic E-state index is 0.0415. The Morgan fingerprint density at radius 1 is 0.368 bits per heavy atom. The van der Waals surface area contributed by atoms with Crippen molar-refractivity contribution in [3.63, 3.8) is 0 Å². The fourth-order valence-electron chi connectivity index (χ4n) is 12.4. The highest BCUT2D eigenvalue weighted by molar-refractivity contribution is 6.94. The van der Waals surface area contributed by atoms with Crippen LogP contribution in [0.4, 0.5) is 28.4 Å². The lowest BCUT2D eigenvalue weighted by Gasteiger charge is -2.46. The predicted molar refractivity (Wildman–Crippen MR) is 318 cm³/mol. The van der Waals surface area contributed by atoms with E-state index in [1.807, 2.05) is 0 Å². The zero-order valence-electron chi connectivity index (χ0n) is 43.4. The molecule has 76 heavy (non-hydrogen) atoms. The average Bonchev–Trinajstić information content (AvgIpc) is 4.26. The summed E-state index contributed by atoms with van der Waals surface area (Å²) >= 11 is 0. The minimum Gasteiger partial charge on any atom is -0.456 e. The van der Waals surface area contributed by atoms with Crippen LogP contribution >= 0.6 is 0 Å². The monoisotopic (exact) mass is 980 g/mol. The first-order valence-electron chi connectivity index (χ1n) is 26.5. The van der Waals surface area contributed by atoms with Gasteiger partial charge in [-0.25, -0.2) is 0 Å². The van der Waals surface area contributed by atoms with Crippen LogP contribution in [0, 0.1) is 0 Å². The van der Waals surface area contributed by atoms with E-state index >= 15 is 0 Å². The first kappa shape index (κ1) is 44.5. The van der Waals surface area contributed by atoms with E-state index in [1.165, 1.54) is 11.1 Å². The van der Waals surface area contributed by atoms with Crippen LogP contribution < -0.4 is 20.6 Å². The van der Waals surface area contributed by atoms with Crippen molar-refractivity contribution in [3.8, 4) is 44.7 Å². The topological polar surface area (TPSA) is 45.9 Å². The van der Waals surface area contributed by atoms with Gasteiger partial charge in [0, 0.05) is 83.6 Å². The molecule has 2 aliphatic rings. The van der Waals surface area contributed by atoms with Crippen LogP contribution in [0.2, 0.25) is 0 Å². The summed E-state index contributed by atoms with van der Waals surface area (Å²) in [4.78, 5) is 5.14. The van der Waals surface area contributed by atoms with Crippen molar-refractivity contribution < 1.29 is 13.3 Å². The number of anilines is 5. The summed E-state index contributed by atoms with van der Waals surface area (Å²) in [5, 5.41) is 5.33. The van der Waals surface area contributed by atoms with E-state index in [2.05, 4.69) is 264 Å². The van der Waals surface area contributed by atoms with E-state index in [0.717, 1.165) is 139 Å². The predicted octanol–water partition coefficient (Wildman–Crippen LogP) is 18.5. The molecule has 0 unspecified atom stereocenters. The summed E-state index contributed by atoms with van der Waals surface area (Å²) < 4.78 is 21.4. The van der Waals surface area contributed by atoms with E-state index in [1.54, 1.807) is 0 Å². The largest absolute Gasteiger partial charge is 0.456 e. The Morgan fingerprint density at radius 2 is 0.947 bits per heavy atom. The highest BCUT2D eigenvalue weighted by Crippen LogP contribution is 2.54. The second-order valence-electron chi connectivity index (χ2n) is 22.8. The summed E-state index contributed by atoms with van der Waals surface area (Å²) in [6, 6.07) is 77.3. The molecule has 5 heterocycles. The molecule has 0 radical (unpaired) electrons. The molecule has 10 aromatic carbocycles. The third-order valence-electron chi connectivity index (χ3n) is 16.2. The van der Waals surface area contributed by atoms with E-state index in [4.69, 9.17) is 13.3 Å². The Kier molecular flexibility index (Phi) is 9.51. The third kappa shape index (κ3) is 6.66. The Morgan fingerprint density at radius 3 is 1.63 bits per heavy atom. The molecule has 5 nitrogen and oxygen atoms in total. The summed E-state index contributed by atoms with van der Waals surface area (Å²) in [7, 11) is 0. The van der Waals surface area contributed by atoms with E-state index in [9.17, 15) is 0 Å². The van der Waals surface area contributed by atoms with Gasteiger partial charge in [0.05, 0.1) is 5.69 Å². The summed E-state index contributed by atoms with van der Waals surface area (Å²) in [6.45, 7) is 13.4. The van der Waals surface area contributed by atoms with Crippen LogP contribution in [0.5, 0.6) is 0 Å². The van der Waals surface area contributed by atoms with Crippen LogP contribution in [0.3, 0.4) is 0 Å². The van der Waals surface area contributed by atoms with Gasteiger partial charge in [-0.05, 0) is 105 Å². The molecular weight excluding hydrogens is 928 g/mol. The van der Waals surface area contributed by atoms with Crippen LogP contribution in [0.25, 0.3) is 99.6 Å². The van der Waals surface area contributed by atoms with Gasteiger partial charge in [-0.1, -0.05) is 187 Å². The number of fused-ring (bicyclic) bond motifs is 12. The molecule has 2 aliphatic heterocycles. The molecule has 6 heteroatoms. The second kappa shape index (κ2) is 16.3. The van der Waals surface area contributed by atoms with E-state index in [-0.39, 0.29) is 17.7 Å². The van der Waals surface area contributed by atoms with Gasteiger partial charge in [-0.3, -0.25) is 0 Å². The molecule has 0 N–H and O–H groups in total. The number of para-hydroxylation sites is 2. The number of hydrogen-bond acceptors (Lipinski definition) is 5. The first-order valence-corrected chi connectivity index (χ1v) is 26.5. The Bertz CT molecular complexity index is 4480. The molecule has 0 fully saturated rings. The zero-order valence-corrected chi connectivity index (χ0v) is 43.4. The summed E-state index contributed by atoms with van der Waals surface area (Å²) in [5.41, 5.74) is 21.9. The quantitative estimate of drug-likeness (QED) is 0.161. The number of benzene rings is 10. The fourth-order valence-corrected chi connectivity index (χ4v) is 12.4. The number of furan rings is 3. The van der Waals surface area contributed by atoms with Gasteiger partial charge in [-0.15, -0.1) is 0 Å². The summed E-state index contributed by atoms with van der Waals surface area (Å²) in [6.07, 6.45) is 0. The van der Waals surface area contributed by atoms with Crippen molar-refractivity contribution in [3.05, 3.63) is 223 Å². The molecule has 15 rings (SSSR count). The zero-order chi connectivity index (χ0) is 51.2. The lowest BCUT2D eigenvalue weighted by atomic mass is 9.43. The van der Waals surface area contributed by atoms with Crippen molar-refractivity contribution in [2.45, 2.75) is 52.4 Å². The van der Waals surface area contributed by atoms with Crippen LogP contribution in [0.15, 0.2) is 226 Å². The lowest BCUT2D eigenvalue weighted by Crippen LogP contribution is -2.61. The standard InChI is InChI=1S/C70H53BN2O3/c1-69(2,3)45-30-33-47(34-31-45)73-57-41-63-51(48-26-16-18-28-60(48)74-63)37-53(57)65-66-59(38-52-49-27-17-19-29-61(49)75-68(52)65)72(56-35-32-46(70(4,5)6)36-50(56)42-20-10-7-11-21-42)58-39-54-62(40-55(58)71(66)73)76-67(44-24-14-9-15-25-44)64(54)43-22-12-8-13-23-43/h7-41H,1-6H3. The molecule has 0 amide bonds. The smallest absolute Gasteiger partial charge is 0.333 e. The van der Waals surface area contributed by atoms with Gasteiger partial charge in [0.1, 0.15) is 33.7 Å². The highest BCUT2D eigenvalue weighted by Gasteiger charge is 2.48. The van der Waals surface area contributed by atoms with Crippen molar-refractivity contribution in [2.24, 2.45) is 0 Å². The van der Waals surface area contributed by atoms with Crippen LogP contribution in [0.1, 0.15) is 52.7 Å². The Hall–Kier alpha value is -9.00. The van der Waals surface area contributed by atoms with Crippen molar-refractivity contribution in [1.29, 1.82) is 0 Å². The number of nitrogens with zero attached hydrogens (tertiary/aromatic N) is 2. The molecule has 0 saturated carbocycles. The second-order valence-corrected chi connectivity index (χ2v) is 22.8. The fraction of sp³-hybridized carbons (Fsp3) is 0.114. The van der Waals surface area contributed by atoms with Gasteiger partial charge in [0.15, 0.2) is 0 Å². The Labute approximate surface area is 442 Å². The Balaban J connectivity index is 1.14. The molecule has 13 aromatic rings. The van der Waals surface area contributed by atoms with Gasteiger partial charge in [-0.2, -0.15) is 0 Å². The average molecular weight is 981 g/mol. The van der Waals surface area contributed by atoms with Crippen LogP contribution in [-0.2, 0) is 10.8 Å². The molecular formula is C70H53BN2O3. The maximum Gasteiger partial charge on any atom is 0.333 e. The van der Waals surface area contributed by atoms with Gasteiger partial charge in [0.25, 0.3) is 0 Å². The van der Waals surface area contributed by atoms with E-state index < -0.39 is 0 Å². The lowest BCUT2D eigenvalue weighted by molar-refractivity contribution is 0.590. The molecule has 0 bridgehead atoms. The number of hydrogen-bond donors (Lipinski definition) is 0.